The molecule has 3 rings (SSSR count). The highest BCUT2D eigenvalue weighted by molar-refractivity contribution is 5.96. The Morgan fingerprint density at radius 2 is 1.74 bits per heavy atom. The van der Waals surface area contributed by atoms with Crippen molar-refractivity contribution >= 4 is 10.9 Å². The number of para-hydroxylation sites is 1. The molecule has 2 aromatic carbocycles. The lowest BCUT2D eigenvalue weighted by Crippen LogP contribution is -1.93. The van der Waals surface area contributed by atoms with Gasteiger partial charge in [0.1, 0.15) is 0 Å². The molecule has 1 aromatic heterocycles. The van der Waals surface area contributed by atoms with Crippen LogP contribution in [-0.4, -0.2) is 24.4 Å². The minimum absolute atomic E-state index is 0.723. The van der Waals surface area contributed by atoms with Gasteiger partial charge in [-0.25, -0.2) is 0 Å². The van der Waals surface area contributed by atoms with Crippen LogP contribution in [0, 0.1) is 0 Å². The Labute approximate surface area is 111 Å². The van der Waals surface area contributed by atoms with Gasteiger partial charge in [-0.1, -0.05) is 24.3 Å². The highest BCUT2D eigenvalue weighted by Crippen LogP contribution is 2.40. The van der Waals surface area contributed by atoms with Crippen molar-refractivity contribution in [2.75, 3.05) is 14.2 Å². The number of nitrogens with one attached hydrogen (secondary N) is 1. The van der Waals surface area contributed by atoms with Crippen LogP contribution in [0.5, 0.6) is 11.5 Å². The average molecular weight is 254 g/mol. The molecule has 0 amide bonds. The first-order valence-electron chi connectivity index (χ1n) is 5.98. The van der Waals surface area contributed by atoms with Gasteiger partial charge in [-0.3, -0.25) is 5.10 Å². The Morgan fingerprint density at radius 1 is 0.947 bits per heavy atom. The molecule has 0 saturated heterocycles. The molecule has 1 heterocycles. The number of hydrogen-bond acceptors (Lipinski definition) is 3. The van der Waals surface area contributed by atoms with Crippen molar-refractivity contribution in [2.45, 2.75) is 0 Å². The number of H-pyrrole nitrogens is 1. The minimum atomic E-state index is 0.723. The molecule has 0 aliphatic heterocycles. The molecule has 1 N–H and O–H groups in total. The average Bonchev–Trinajstić information content (AvgIpc) is 2.94. The molecule has 4 heteroatoms. The first kappa shape index (κ1) is 11.6. The van der Waals surface area contributed by atoms with Gasteiger partial charge in [-0.05, 0) is 17.7 Å². The summed E-state index contributed by atoms with van der Waals surface area (Å²) in [4.78, 5) is 0. The minimum Gasteiger partial charge on any atom is -0.493 e. The lowest BCUT2D eigenvalue weighted by molar-refractivity contribution is 0.356. The van der Waals surface area contributed by atoms with Crippen LogP contribution in [0.25, 0.3) is 22.0 Å². The number of methoxy groups -OCH3 is 2. The summed E-state index contributed by atoms with van der Waals surface area (Å²) in [6.07, 6.45) is 1.82. The number of fused-ring (bicyclic) bond motifs is 1. The van der Waals surface area contributed by atoms with Crippen molar-refractivity contribution in [2.24, 2.45) is 0 Å². The van der Waals surface area contributed by atoms with E-state index in [1.807, 2.05) is 36.5 Å². The second-order valence-electron chi connectivity index (χ2n) is 4.18. The smallest absolute Gasteiger partial charge is 0.168 e. The maximum Gasteiger partial charge on any atom is 0.168 e. The van der Waals surface area contributed by atoms with E-state index in [0.29, 0.717) is 0 Å². The third-order valence-electron chi connectivity index (χ3n) is 3.18. The molecule has 3 aromatic rings. The Morgan fingerprint density at radius 3 is 2.53 bits per heavy atom. The van der Waals surface area contributed by atoms with Gasteiger partial charge < -0.3 is 9.47 Å². The molecule has 19 heavy (non-hydrogen) atoms. The van der Waals surface area contributed by atoms with Crippen LogP contribution >= 0.6 is 0 Å². The summed E-state index contributed by atoms with van der Waals surface area (Å²) >= 11 is 0. The fraction of sp³-hybridized carbons (Fsp3) is 0.133. The van der Waals surface area contributed by atoms with Crippen LogP contribution < -0.4 is 9.47 Å². The van der Waals surface area contributed by atoms with Gasteiger partial charge in [0.25, 0.3) is 0 Å². The van der Waals surface area contributed by atoms with Gasteiger partial charge in [-0.15, -0.1) is 0 Å². The molecule has 0 saturated carbocycles. The fourth-order valence-electron chi connectivity index (χ4n) is 2.30. The second kappa shape index (κ2) is 4.65. The summed E-state index contributed by atoms with van der Waals surface area (Å²) in [7, 11) is 3.29. The van der Waals surface area contributed by atoms with Crippen LogP contribution in [0.3, 0.4) is 0 Å². The van der Waals surface area contributed by atoms with Crippen molar-refractivity contribution in [3.63, 3.8) is 0 Å². The van der Waals surface area contributed by atoms with E-state index < -0.39 is 0 Å². The van der Waals surface area contributed by atoms with Crippen molar-refractivity contribution in [3.8, 4) is 22.6 Å². The first-order chi connectivity index (χ1) is 9.35. The second-order valence-corrected chi connectivity index (χ2v) is 4.18. The van der Waals surface area contributed by atoms with E-state index in [0.717, 1.165) is 33.5 Å². The molecule has 0 aliphatic rings. The van der Waals surface area contributed by atoms with Gasteiger partial charge in [-0.2, -0.15) is 5.10 Å². The molecule has 0 spiro atoms. The Balaban J connectivity index is 2.30. The summed E-state index contributed by atoms with van der Waals surface area (Å²) in [6.45, 7) is 0. The molecule has 0 fully saturated rings. The van der Waals surface area contributed by atoms with E-state index in [4.69, 9.17) is 9.47 Å². The maximum atomic E-state index is 5.49. The van der Waals surface area contributed by atoms with Crippen LogP contribution in [0.4, 0.5) is 0 Å². The van der Waals surface area contributed by atoms with Crippen molar-refractivity contribution in [1.82, 2.24) is 10.2 Å². The van der Waals surface area contributed by atoms with Crippen molar-refractivity contribution in [3.05, 3.63) is 42.6 Å². The standard InChI is InChI=1S/C15H14N2O2/c1-18-14-8-4-6-11(15(14)19-2)10-5-3-7-13-12(10)9-16-17-13/h3-9H,1-2H3,(H,16,17). The van der Waals surface area contributed by atoms with Crippen LogP contribution in [-0.2, 0) is 0 Å². The number of benzene rings is 2. The zero-order valence-electron chi connectivity index (χ0n) is 10.8. The SMILES string of the molecule is COc1cccc(-c2cccc3[nH]ncc23)c1OC. The number of nitrogens with zero attached hydrogens (tertiary/aromatic N) is 1. The van der Waals surface area contributed by atoms with E-state index >= 15 is 0 Å². The highest BCUT2D eigenvalue weighted by Gasteiger charge is 2.13. The lowest BCUT2D eigenvalue weighted by Gasteiger charge is -2.13. The van der Waals surface area contributed by atoms with E-state index in [2.05, 4.69) is 16.3 Å². The summed E-state index contributed by atoms with van der Waals surface area (Å²) in [5, 5.41) is 8.13. The molecule has 0 bridgehead atoms. The molecule has 96 valence electrons. The van der Waals surface area contributed by atoms with Gasteiger partial charge in [0, 0.05) is 10.9 Å². The number of aromatic nitrogens is 2. The molecule has 0 atom stereocenters. The van der Waals surface area contributed by atoms with Gasteiger partial charge in [0.15, 0.2) is 11.5 Å². The summed E-state index contributed by atoms with van der Waals surface area (Å²) in [6, 6.07) is 11.9. The fourth-order valence-corrected chi connectivity index (χ4v) is 2.30. The topological polar surface area (TPSA) is 47.1 Å². The first-order valence-corrected chi connectivity index (χ1v) is 5.98. The monoisotopic (exact) mass is 254 g/mol. The summed E-state index contributed by atoms with van der Waals surface area (Å²) in [5.41, 5.74) is 3.07. The number of rotatable bonds is 3. The number of aromatic amines is 1. The molecular formula is C15H14N2O2. The maximum absolute atomic E-state index is 5.49. The largest absolute Gasteiger partial charge is 0.493 e. The Kier molecular flexibility index (Phi) is 2.83. The van der Waals surface area contributed by atoms with Gasteiger partial charge in [0.05, 0.1) is 25.9 Å². The number of ether oxygens (including phenoxy) is 2. The van der Waals surface area contributed by atoms with Crippen LogP contribution in [0.2, 0.25) is 0 Å². The van der Waals surface area contributed by atoms with E-state index in [9.17, 15) is 0 Å². The molecular weight excluding hydrogens is 240 g/mol. The normalized spacial score (nSPS) is 10.6. The Bertz CT molecular complexity index is 719. The molecule has 0 unspecified atom stereocenters. The van der Waals surface area contributed by atoms with Gasteiger partial charge in [0.2, 0.25) is 0 Å². The molecule has 0 aliphatic carbocycles. The third kappa shape index (κ3) is 1.81. The number of hydrogen-bond donors (Lipinski definition) is 1. The zero-order chi connectivity index (χ0) is 13.2. The zero-order valence-corrected chi connectivity index (χ0v) is 10.8. The highest BCUT2D eigenvalue weighted by atomic mass is 16.5. The molecule has 4 nitrogen and oxygen atoms in total. The predicted octanol–water partition coefficient (Wildman–Crippen LogP) is 3.25. The van der Waals surface area contributed by atoms with Crippen LogP contribution in [0.15, 0.2) is 42.6 Å². The van der Waals surface area contributed by atoms with E-state index in [1.165, 1.54) is 0 Å². The van der Waals surface area contributed by atoms with Gasteiger partial charge >= 0.3 is 0 Å². The summed E-state index contributed by atoms with van der Waals surface area (Å²) in [5.74, 6) is 1.46. The molecule has 0 radical (unpaired) electrons. The lowest BCUT2D eigenvalue weighted by atomic mass is 10.0. The Hall–Kier alpha value is -2.49. The third-order valence-corrected chi connectivity index (χ3v) is 3.18. The predicted molar refractivity (Wildman–Crippen MR) is 74.6 cm³/mol. The van der Waals surface area contributed by atoms with Crippen LogP contribution in [0.1, 0.15) is 0 Å². The quantitative estimate of drug-likeness (QED) is 0.780. The van der Waals surface area contributed by atoms with E-state index in [1.54, 1.807) is 14.2 Å². The van der Waals surface area contributed by atoms with E-state index in [-0.39, 0.29) is 0 Å². The summed E-state index contributed by atoms with van der Waals surface area (Å²) < 4.78 is 10.8. The van der Waals surface area contributed by atoms with Crippen molar-refractivity contribution in [1.29, 1.82) is 0 Å². The van der Waals surface area contributed by atoms with Crippen molar-refractivity contribution < 1.29 is 9.47 Å².